The van der Waals surface area contributed by atoms with E-state index in [9.17, 15) is 4.79 Å². The molecule has 0 bridgehead atoms. The van der Waals surface area contributed by atoms with Crippen molar-refractivity contribution in [2.24, 2.45) is 0 Å². The van der Waals surface area contributed by atoms with Crippen LogP contribution in [0.5, 0.6) is 0 Å². The summed E-state index contributed by atoms with van der Waals surface area (Å²) in [5, 5.41) is 11.6. The molecule has 4 nitrogen and oxygen atoms in total. The molecule has 1 aliphatic heterocycles. The summed E-state index contributed by atoms with van der Waals surface area (Å²) in [7, 11) is 0. The van der Waals surface area contributed by atoms with Gasteiger partial charge in [-0.1, -0.05) is 30.3 Å². The highest BCUT2D eigenvalue weighted by Crippen LogP contribution is 2.39. The van der Waals surface area contributed by atoms with Crippen molar-refractivity contribution in [2.45, 2.75) is 12.2 Å². The largest absolute Gasteiger partial charge is 0.354 e. The topological polar surface area (TPSA) is 65.4 Å². The fourth-order valence-corrected chi connectivity index (χ4v) is 2.05. The SMILES string of the molecule is N#Cc1ccc([C@H]2O[C@H]2C(=O)Nc2ccccc2)cc1. The maximum Gasteiger partial charge on any atom is 0.256 e. The van der Waals surface area contributed by atoms with Crippen molar-refractivity contribution in [1.29, 1.82) is 5.26 Å². The van der Waals surface area contributed by atoms with E-state index in [4.69, 9.17) is 10.00 Å². The zero-order valence-corrected chi connectivity index (χ0v) is 10.6. The molecule has 2 aromatic rings. The van der Waals surface area contributed by atoms with Gasteiger partial charge in [-0.2, -0.15) is 5.26 Å². The number of nitrogens with one attached hydrogen (secondary N) is 1. The molecule has 20 heavy (non-hydrogen) atoms. The molecule has 1 N–H and O–H groups in total. The second kappa shape index (κ2) is 5.16. The van der Waals surface area contributed by atoms with Crippen LogP contribution in [0.15, 0.2) is 54.6 Å². The first-order chi connectivity index (χ1) is 9.78. The Hall–Kier alpha value is -2.64. The zero-order chi connectivity index (χ0) is 13.9. The Balaban J connectivity index is 1.63. The maximum atomic E-state index is 12.0. The number of nitrogens with zero attached hydrogens (tertiary/aromatic N) is 1. The van der Waals surface area contributed by atoms with Crippen LogP contribution in [0.25, 0.3) is 0 Å². The lowest BCUT2D eigenvalue weighted by molar-refractivity contribution is -0.117. The number of para-hydroxylation sites is 1. The minimum atomic E-state index is -0.455. The predicted molar refractivity (Wildman–Crippen MR) is 73.8 cm³/mol. The van der Waals surface area contributed by atoms with Gasteiger partial charge in [-0.3, -0.25) is 4.79 Å². The zero-order valence-electron chi connectivity index (χ0n) is 10.6. The maximum absolute atomic E-state index is 12.0. The fourth-order valence-electron chi connectivity index (χ4n) is 2.05. The van der Waals surface area contributed by atoms with E-state index in [0.29, 0.717) is 5.56 Å². The third kappa shape index (κ3) is 2.53. The molecule has 98 valence electrons. The van der Waals surface area contributed by atoms with Gasteiger partial charge in [0.05, 0.1) is 11.6 Å². The van der Waals surface area contributed by atoms with Crippen molar-refractivity contribution < 1.29 is 9.53 Å². The lowest BCUT2D eigenvalue weighted by Crippen LogP contribution is -2.18. The standard InChI is InChI=1S/C16H12N2O2/c17-10-11-6-8-12(9-7-11)14-15(20-14)16(19)18-13-4-2-1-3-5-13/h1-9,14-15H,(H,18,19)/t14-,15-/m1/s1. The van der Waals surface area contributed by atoms with Crippen LogP contribution in [0, 0.1) is 11.3 Å². The molecule has 2 aromatic carbocycles. The van der Waals surface area contributed by atoms with E-state index in [2.05, 4.69) is 11.4 Å². The molecule has 1 aliphatic rings. The summed E-state index contributed by atoms with van der Waals surface area (Å²) in [6.07, 6.45) is -0.672. The summed E-state index contributed by atoms with van der Waals surface area (Å²) < 4.78 is 5.42. The van der Waals surface area contributed by atoms with E-state index in [1.807, 2.05) is 42.5 Å². The molecule has 0 saturated carbocycles. The van der Waals surface area contributed by atoms with Crippen molar-refractivity contribution in [3.05, 3.63) is 65.7 Å². The first-order valence-corrected chi connectivity index (χ1v) is 6.29. The van der Waals surface area contributed by atoms with Gasteiger partial charge in [0.2, 0.25) is 0 Å². The minimum Gasteiger partial charge on any atom is -0.354 e. The van der Waals surface area contributed by atoms with Crippen LogP contribution in [0.4, 0.5) is 5.69 Å². The van der Waals surface area contributed by atoms with Crippen LogP contribution < -0.4 is 5.32 Å². The molecule has 1 amide bonds. The monoisotopic (exact) mass is 264 g/mol. The Morgan fingerprint density at radius 2 is 1.80 bits per heavy atom. The van der Waals surface area contributed by atoms with Gasteiger partial charge < -0.3 is 10.1 Å². The summed E-state index contributed by atoms with van der Waals surface area (Å²) in [5.41, 5.74) is 2.27. The minimum absolute atomic E-state index is 0.148. The predicted octanol–water partition coefficient (Wildman–Crippen LogP) is 2.64. The summed E-state index contributed by atoms with van der Waals surface area (Å²) in [5.74, 6) is -0.148. The molecule has 0 unspecified atom stereocenters. The second-order valence-electron chi connectivity index (χ2n) is 4.57. The molecule has 3 rings (SSSR count). The molecule has 4 heteroatoms. The summed E-state index contributed by atoms with van der Waals surface area (Å²) in [4.78, 5) is 12.0. The Morgan fingerprint density at radius 1 is 1.10 bits per heavy atom. The lowest BCUT2D eigenvalue weighted by Gasteiger charge is -2.02. The molecule has 0 radical (unpaired) electrons. The first kappa shape index (κ1) is 12.4. The highest BCUT2D eigenvalue weighted by molar-refractivity contribution is 5.96. The van der Waals surface area contributed by atoms with E-state index in [-0.39, 0.29) is 12.0 Å². The molecule has 0 aromatic heterocycles. The van der Waals surface area contributed by atoms with Crippen LogP contribution in [-0.4, -0.2) is 12.0 Å². The van der Waals surface area contributed by atoms with Crippen LogP contribution in [0.2, 0.25) is 0 Å². The molecular formula is C16H12N2O2. The molecule has 1 saturated heterocycles. The van der Waals surface area contributed by atoms with Gasteiger partial charge in [0.1, 0.15) is 6.10 Å². The number of amides is 1. The van der Waals surface area contributed by atoms with Crippen molar-refractivity contribution in [2.75, 3.05) is 5.32 Å². The number of hydrogen-bond donors (Lipinski definition) is 1. The van der Waals surface area contributed by atoms with Crippen LogP contribution in [0.3, 0.4) is 0 Å². The molecule has 0 spiro atoms. The van der Waals surface area contributed by atoms with Crippen molar-refractivity contribution in [1.82, 2.24) is 0 Å². The summed E-state index contributed by atoms with van der Waals surface area (Å²) in [6, 6.07) is 18.4. The Kier molecular flexibility index (Phi) is 3.20. The van der Waals surface area contributed by atoms with Crippen molar-refractivity contribution in [3.8, 4) is 6.07 Å². The highest BCUT2D eigenvalue weighted by atomic mass is 16.6. The average molecular weight is 264 g/mol. The van der Waals surface area contributed by atoms with Gasteiger partial charge in [-0.05, 0) is 29.8 Å². The fraction of sp³-hybridized carbons (Fsp3) is 0.125. The normalized spacial score (nSPS) is 19.9. The molecule has 1 fully saturated rings. The van der Waals surface area contributed by atoms with Gasteiger partial charge in [0, 0.05) is 5.69 Å². The highest BCUT2D eigenvalue weighted by Gasteiger charge is 2.46. The van der Waals surface area contributed by atoms with E-state index in [1.165, 1.54) is 0 Å². The number of anilines is 1. The number of carbonyl (C=O) groups excluding carboxylic acids is 1. The number of ether oxygens (including phenoxy) is 1. The van der Waals surface area contributed by atoms with E-state index in [1.54, 1.807) is 12.1 Å². The number of hydrogen-bond acceptors (Lipinski definition) is 3. The van der Waals surface area contributed by atoms with E-state index in [0.717, 1.165) is 11.3 Å². The summed E-state index contributed by atoms with van der Waals surface area (Å²) in [6.45, 7) is 0. The number of carbonyl (C=O) groups is 1. The van der Waals surface area contributed by atoms with E-state index < -0.39 is 6.10 Å². The van der Waals surface area contributed by atoms with Crippen LogP contribution >= 0.6 is 0 Å². The first-order valence-electron chi connectivity index (χ1n) is 6.29. The smallest absolute Gasteiger partial charge is 0.256 e. The Labute approximate surface area is 116 Å². The molecular weight excluding hydrogens is 252 g/mol. The van der Waals surface area contributed by atoms with Crippen molar-refractivity contribution in [3.63, 3.8) is 0 Å². The van der Waals surface area contributed by atoms with Gasteiger partial charge in [-0.15, -0.1) is 0 Å². The van der Waals surface area contributed by atoms with Gasteiger partial charge >= 0.3 is 0 Å². The molecule has 1 heterocycles. The van der Waals surface area contributed by atoms with Crippen molar-refractivity contribution >= 4 is 11.6 Å². The average Bonchev–Trinajstić information content (AvgIpc) is 3.29. The lowest BCUT2D eigenvalue weighted by atomic mass is 10.1. The summed E-state index contributed by atoms with van der Waals surface area (Å²) >= 11 is 0. The van der Waals surface area contributed by atoms with Gasteiger partial charge in [0.15, 0.2) is 6.10 Å². The van der Waals surface area contributed by atoms with Crippen LogP contribution in [-0.2, 0) is 9.53 Å². The van der Waals surface area contributed by atoms with Crippen LogP contribution in [0.1, 0.15) is 17.2 Å². The number of rotatable bonds is 3. The number of epoxide rings is 1. The quantitative estimate of drug-likeness (QED) is 0.867. The third-order valence-corrected chi connectivity index (χ3v) is 3.16. The number of benzene rings is 2. The third-order valence-electron chi connectivity index (χ3n) is 3.16. The van der Waals surface area contributed by atoms with E-state index >= 15 is 0 Å². The molecule has 2 atom stereocenters. The second-order valence-corrected chi connectivity index (χ2v) is 4.57. The Morgan fingerprint density at radius 3 is 2.45 bits per heavy atom. The number of nitriles is 1. The molecule has 0 aliphatic carbocycles. The Bertz CT molecular complexity index is 659. The van der Waals surface area contributed by atoms with Gasteiger partial charge in [0.25, 0.3) is 5.91 Å². The van der Waals surface area contributed by atoms with Gasteiger partial charge in [-0.25, -0.2) is 0 Å².